The molecule has 0 N–H and O–H groups in total. The minimum Gasteiger partial charge on any atom is -0.519 e. The van der Waals surface area contributed by atoms with Crippen LogP contribution in [0, 0.1) is 0 Å². The molecule has 0 spiro atoms. The fraction of sp³-hybridized carbons (Fsp3) is 0.792. The van der Waals surface area contributed by atoms with E-state index in [4.69, 9.17) is 4.43 Å². The lowest BCUT2D eigenvalue weighted by molar-refractivity contribution is -0.135. The van der Waals surface area contributed by atoms with E-state index < -0.39 is 8.32 Å². The molecule has 0 aromatic carbocycles. The van der Waals surface area contributed by atoms with E-state index in [1.165, 1.54) is 51.4 Å². The van der Waals surface area contributed by atoms with Crippen LogP contribution in [-0.2, 0) is 9.22 Å². The Balaban J connectivity index is 3.54. The Morgan fingerprint density at radius 1 is 0.815 bits per heavy atom. The molecule has 0 saturated heterocycles. The van der Waals surface area contributed by atoms with E-state index in [2.05, 4.69) is 65.1 Å². The first-order valence-electron chi connectivity index (χ1n) is 11.2. The van der Waals surface area contributed by atoms with Gasteiger partial charge in [0.1, 0.15) is 0 Å². The number of allylic oxidation sites excluding steroid dienone is 4. The fourth-order valence-corrected chi connectivity index (χ4v) is 3.55. The second-order valence-electron chi connectivity index (χ2n) is 9.22. The van der Waals surface area contributed by atoms with Crippen LogP contribution in [0.1, 0.15) is 105 Å². The SMILES string of the molecule is CCCCC/C=C\C/C=C\CCCCCCCC(=O)O[Si](C)(C)C(C)(C)C. The Bertz CT molecular complexity index is 430. The Morgan fingerprint density at radius 3 is 1.89 bits per heavy atom. The molecule has 158 valence electrons. The summed E-state index contributed by atoms with van der Waals surface area (Å²) < 4.78 is 5.81. The van der Waals surface area contributed by atoms with Crippen molar-refractivity contribution in [3.8, 4) is 0 Å². The topological polar surface area (TPSA) is 26.3 Å². The Hall–Kier alpha value is -0.833. The van der Waals surface area contributed by atoms with Crippen LogP contribution in [0.15, 0.2) is 24.3 Å². The third-order valence-electron chi connectivity index (χ3n) is 5.51. The molecule has 27 heavy (non-hydrogen) atoms. The highest BCUT2D eigenvalue weighted by Gasteiger charge is 2.40. The number of carbonyl (C=O) groups is 1. The Kier molecular flexibility index (Phi) is 14.7. The Labute approximate surface area is 171 Å². The molecule has 0 aliphatic rings. The molecule has 0 bridgehead atoms. The third kappa shape index (κ3) is 14.8. The zero-order chi connectivity index (χ0) is 20.6. The van der Waals surface area contributed by atoms with Crippen molar-refractivity contribution in [2.75, 3.05) is 0 Å². The Morgan fingerprint density at radius 2 is 1.33 bits per heavy atom. The lowest BCUT2D eigenvalue weighted by Gasteiger charge is -2.35. The van der Waals surface area contributed by atoms with Crippen LogP contribution in [0.5, 0.6) is 0 Å². The predicted molar refractivity (Wildman–Crippen MR) is 123 cm³/mol. The molecule has 0 aromatic rings. The van der Waals surface area contributed by atoms with Crippen LogP contribution in [0.3, 0.4) is 0 Å². The molecule has 0 amide bonds. The van der Waals surface area contributed by atoms with Crippen molar-refractivity contribution >= 4 is 14.3 Å². The smallest absolute Gasteiger partial charge is 0.292 e. The highest BCUT2D eigenvalue weighted by atomic mass is 28.4. The average Bonchev–Trinajstić information content (AvgIpc) is 2.57. The maximum atomic E-state index is 12.0. The van der Waals surface area contributed by atoms with Gasteiger partial charge in [-0.25, -0.2) is 0 Å². The maximum absolute atomic E-state index is 12.0. The maximum Gasteiger partial charge on any atom is 0.292 e. The van der Waals surface area contributed by atoms with Crippen LogP contribution in [0.25, 0.3) is 0 Å². The van der Waals surface area contributed by atoms with Gasteiger partial charge in [-0.3, -0.25) is 4.79 Å². The van der Waals surface area contributed by atoms with Crippen molar-refractivity contribution in [1.82, 2.24) is 0 Å². The molecule has 0 saturated carbocycles. The van der Waals surface area contributed by atoms with E-state index >= 15 is 0 Å². The molecule has 0 aliphatic heterocycles. The molecule has 3 heteroatoms. The van der Waals surface area contributed by atoms with Crippen molar-refractivity contribution in [1.29, 1.82) is 0 Å². The highest BCUT2D eigenvalue weighted by Crippen LogP contribution is 2.36. The second-order valence-corrected chi connectivity index (χ2v) is 13.9. The van der Waals surface area contributed by atoms with Crippen LogP contribution in [-0.4, -0.2) is 14.3 Å². The lowest BCUT2D eigenvalue weighted by atomic mass is 10.1. The molecule has 0 radical (unpaired) electrons. The van der Waals surface area contributed by atoms with E-state index in [0.717, 1.165) is 19.3 Å². The fourth-order valence-electron chi connectivity index (χ4n) is 2.57. The number of hydrogen-bond donors (Lipinski definition) is 0. The van der Waals surface area contributed by atoms with Gasteiger partial charge in [0.05, 0.1) is 0 Å². The molecular weight excluding hydrogens is 348 g/mol. The number of hydrogen-bond acceptors (Lipinski definition) is 2. The highest BCUT2D eigenvalue weighted by molar-refractivity contribution is 6.75. The molecule has 2 nitrogen and oxygen atoms in total. The molecule has 0 atom stereocenters. The summed E-state index contributed by atoms with van der Waals surface area (Å²) in [5.41, 5.74) is 0. The molecule has 0 aliphatic carbocycles. The van der Waals surface area contributed by atoms with E-state index in [1.807, 2.05) is 0 Å². The summed E-state index contributed by atoms with van der Waals surface area (Å²) in [7, 11) is -1.94. The van der Waals surface area contributed by atoms with Crippen LogP contribution in [0.4, 0.5) is 0 Å². The van der Waals surface area contributed by atoms with Crippen molar-refractivity contribution in [2.24, 2.45) is 0 Å². The second kappa shape index (κ2) is 15.1. The average molecular weight is 395 g/mol. The largest absolute Gasteiger partial charge is 0.519 e. The number of carbonyl (C=O) groups excluding carboxylic acids is 1. The van der Waals surface area contributed by atoms with Gasteiger partial charge >= 0.3 is 0 Å². The number of unbranched alkanes of at least 4 members (excludes halogenated alkanes) is 8. The minimum absolute atomic E-state index is 0.00674. The molecule has 0 unspecified atom stereocenters. The zero-order valence-electron chi connectivity index (χ0n) is 19.1. The number of rotatable bonds is 15. The van der Waals surface area contributed by atoms with Gasteiger partial charge in [-0.1, -0.05) is 84.1 Å². The van der Waals surface area contributed by atoms with Gasteiger partial charge in [0.2, 0.25) is 0 Å². The molecule has 0 aromatic heterocycles. The quantitative estimate of drug-likeness (QED) is 0.158. The monoisotopic (exact) mass is 394 g/mol. The summed E-state index contributed by atoms with van der Waals surface area (Å²) in [6, 6.07) is 0. The van der Waals surface area contributed by atoms with Gasteiger partial charge in [-0.05, 0) is 56.7 Å². The van der Waals surface area contributed by atoms with E-state index in [9.17, 15) is 4.79 Å². The summed E-state index contributed by atoms with van der Waals surface area (Å²) in [5.74, 6) is 0.00674. The normalized spacial score (nSPS) is 13.0. The first kappa shape index (κ1) is 26.2. The van der Waals surface area contributed by atoms with Crippen molar-refractivity contribution in [3.63, 3.8) is 0 Å². The zero-order valence-corrected chi connectivity index (χ0v) is 20.1. The summed E-state index contributed by atoms with van der Waals surface area (Å²) in [6.07, 6.45) is 23.1. The first-order valence-corrected chi connectivity index (χ1v) is 14.1. The van der Waals surface area contributed by atoms with Crippen molar-refractivity contribution < 1.29 is 9.22 Å². The van der Waals surface area contributed by atoms with Gasteiger partial charge in [-0.2, -0.15) is 0 Å². The van der Waals surface area contributed by atoms with Crippen molar-refractivity contribution in [3.05, 3.63) is 24.3 Å². The molecule has 0 heterocycles. The van der Waals surface area contributed by atoms with Gasteiger partial charge in [0, 0.05) is 6.42 Å². The third-order valence-corrected chi connectivity index (χ3v) is 9.86. The standard InChI is InChI=1S/C24H46O2Si/c1-7-8-9-10-11-12-13-14-15-16-17-18-19-20-21-22-23(25)26-27(5,6)24(2,3)4/h11-12,14-15H,7-10,13,16-22H2,1-6H3/b12-11-,15-14-. The summed E-state index contributed by atoms with van der Waals surface area (Å²) in [5, 5.41) is 0.0982. The van der Waals surface area contributed by atoms with Gasteiger partial charge in [0.15, 0.2) is 0 Å². The van der Waals surface area contributed by atoms with E-state index in [1.54, 1.807) is 0 Å². The summed E-state index contributed by atoms with van der Waals surface area (Å²) in [6.45, 7) is 13.0. The van der Waals surface area contributed by atoms with E-state index in [-0.39, 0.29) is 11.0 Å². The van der Waals surface area contributed by atoms with Gasteiger partial charge in [0.25, 0.3) is 14.3 Å². The first-order chi connectivity index (χ1) is 12.7. The van der Waals surface area contributed by atoms with Crippen molar-refractivity contribution in [2.45, 2.75) is 123 Å². The van der Waals surface area contributed by atoms with Crippen LogP contribution >= 0.6 is 0 Å². The molecular formula is C24H46O2Si. The summed E-state index contributed by atoms with van der Waals surface area (Å²) in [4.78, 5) is 12.0. The van der Waals surface area contributed by atoms with Crippen LogP contribution in [0.2, 0.25) is 18.1 Å². The van der Waals surface area contributed by atoms with Gasteiger partial charge in [-0.15, -0.1) is 0 Å². The molecule has 0 fully saturated rings. The molecule has 0 rings (SSSR count). The van der Waals surface area contributed by atoms with Gasteiger partial charge < -0.3 is 4.43 Å². The minimum atomic E-state index is -1.94. The van der Waals surface area contributed by atoms with Crippen LogP contribution < -0.4 is 0 Å². The predicted octanol–water partition coefficient (Wildman–Crippen LogP) is 8.35. The van der Waals surface area contributed by atoms with E-state index in [0.29, 0.717) is 6.42 Å². The summed E-state index contributed by atoms with van der Waals surface area (Å²) >= 11 is 0. The lowest BCUT2D eigenvalue weighted by Crippen LogP contribution is -2.42.